The van der Waals surface area contributed by atoms with Crippen molar-refractivity contribution in [2.45, 2.75) is 19.9 Å². The number of benzene rings is 2. The maximum Gasteiger partial charge on any atom is 0.338 e. The summed E-state index contributed by atoms with van der Waals surface area (Å²) in [6.07, 6.45) is 1.67. The lowest BCUT2D eigenvalue weighted by atomic mass is 9.95. The van der Waals surface area contributed by atoms with E-state index >= 15 is 0 Å². The third kappa shape index (κ3) is 4.65. The predicted octanol–water partition coefficient (Wildman–Crippen LogP) is 2.77. The monoisotopic (exact) mass is 492 g/mol. The molecule has 3 aromatic rings. The van der Waals surface area contributed by atoms with Crippen LogP contribution in [0.5, 0.6) is 0 Å². The molecule has 0 saturated heterocycles. The zero-order chi connectivity index (χ0) is 25.3. The van der Waals surface area contributed by atoms with Crippen molar-refractivity contribution in [1.82, 2.24) is 4.57 Å². The highest BCUT2D eigenvalue weighted by Crippen LogP contribution is 2.31. The van der Waals surface area contributed by atoms with E-state index in [2.05, 4.69) is 4.99 Å². The third-order valence-electron chi connectivity index (χ3n) is 5.64. The van der Waals surface area contributed by atoms with Gasteiger partial charge >= 0.3 is 5.97 Å². The molecule has 180 valence electrons. The Morgan fingerprint density at radius 3 is 2.43 bits per heavy atom. The fourth-order valence-corrected chi connectivity index (χ4v) is 4.95. The molecule has 10 heteroatoms. The quantitative estimate of drug-likeness (QED) is 0.298. The average Bonchev–Trinajstić information content (AvgIpc) is 3.13. The van der Waals surface area contributed by atoms with E-state index in [4.69, 9.17) is 4.74 Å². The number of nitro groups is 1. The van der Waals surface area contributed by atoms with E-state index in [1.54, 1.807) is 32.1 Å². The largest absolute Gasteiger partial charge is 0.463 e. The molecule has 0 radical (unpaired) electrons. The highest BCUT2D eigenvalue weighted by molar-refractivity contribution is 7.07. The second-order valence-electron chi connectivity index (χ2n) is 8.14. The molecule has 0 N–H and O–H groups in total. The maximum atomic E-state index is 13.6. The molecule has 0 fully saturated rings. The molecule has 0 bridgehead atoms. The van der Waals surface area contributed by atoms with Crippen molar-refractivity contribution in [2.75, 3.05) is 25.6 Å². The van der Waals surface area contributed by atoms with Gasteiger partial charge in [0.25, 0.3) is 11.2 Å². The Hall–Kier alpha value is -4.05. The molecule has 1 aliphatic heterocycles. The summed E-state index contributed by atoms with van der Waals surface area (Å²) >= 11 is 1.20. The standard InChI is InChI=1S/C25H24N4O5S/c1-5-34-24(31)21-15(2)26-25-28(22(21)17-8-12-18(13-9-17)27(3)4)23(30)20(35-25)14-16-6-10-19(11-7-16)29(32)33/h6-14,22H,5H2,1-4H3/b20-14-/t22-/m1/s1. The third-order valence-corrected chi connectivity index (χ3v) is 6.63. The van der Waals surface area contributed by atoms with Crippen LogP contribution in [0.3, 0.4) is 0 Å². The number of thiazole rings is 1. The number of aromatic nitrogens is 1. The minimum Gasteiger partial charge on any atom is -0.463 e. The number of allylic oxidation sites excluding steroid dienone is 1. The molecular weight excluding hydrogens is 468 g/mol. The Balaban J connectivity index is 1.89. The van der Waals surface area contributed by atoms with Crippen LogP contribution in [0.2, 0.25) is 0 Å². The number of hydrogen-bond acceptors (Lipinski definition) is 8. The lowest BCUT2D eigenvalue weighted by Crippen LogP contribution is -2.39. The number of nitrogens with zero attached hydrogens (tertiary/aromatic N) is 4. The van der Waals surface area contributed by atoms with Gasteiger partial charge in [0.2, 0.25) is 0 Å². The van der Waals surface area contributed by atoms with E-state index in [1.807, 2.05) is 43.3 Å². The summed E-state index contributed by atoms with van der Waals surface area (Å²) in [5.74, 6) is -0.514. The lowest BCUT2D eigenvalue weighted by molar-refractivity contribution is -0.384. The summed E-state index contributed by atoms with van der Waals surface area (Å²) in [5, 5.41) is 10.9. The zero-order valence-corrected chi connectivity index (χ0v) is 20.5. The number of hydrogen-bond donors (Lipinski definition) is 0. The summed E-state index contributed by atoms with van der Waals surface area (Å²) in [6.45, 7) is 3.67. The van der Waals surface area contributed by atoms with Gasteiger partial charge in [0, 0.05) is 31.9 Å². The van der Waals surface area contributed by atoms with Gasteiger partial charge < -0.3 is 9.64 Å². The first kappa shape index (κ1) is 24.1. The molecule has 0 unspecified atom stereocenters. The second kappa shape index (κ2) is 9.67. The van der Waals surface area contributed by atoms with Crippen LogP contribution in [0.15, 0.2) is 69.6 Å². The van der Waals surface area contributed by atoms with Gasteiger partial charge in [0.1, 0.15) is 0 Å². The van der Waals surface area contributed by atoms with Crippen molar-refractivity contribution in [3.05, 3.63) is 101 Å². The summed E-state index contributed by atoms with van der Waals surface area (Å²) in [7, 11) is 3.87. The topological polar surface area (TPSA) is 107 Å². The summed E-state index contributed by atoms with van der Waals surface area (Å²) in [4.78, 5) is 44.0. The van der Waals surface area contributed by atoms with Crippen LogP contribution in [0.4, 0.5) is 11.4 Å². The Labute approximate surface area is 205 Å². The Morgan fingerprint density at radius 1 is 1.20 bits per heavy atom. The van der Waals surface area contributed by atoms with Crippen molar-refractivity contribution in [3.63, 3.8) is 0 Å². The maximum absolute atomic E-state index is 13.6. The van der Waals surface area contributed by atoms with Crippen LogP contribution in [-0.2, 0) is 9.53 Å². The molecule has 2 aromatic carbocycles. The number of rotatable bonds is 6. The van der Waals surface area contributed by atoms with Crippen LogP contribution in [0.1, 0.15) is 31.0 Å². The van der Waals surface area contributed by atoms with E-state index in [0.29, 0.717) is 26.2 Å². The fraction of sp³-hybridized carbons (Fsp3) is 0.240. The minimum absolute atomic E-state index is 0.0283. The molecule has 1 aliphatic rings. The predicted molar refractivity (Wildman–Crippen MR) is 134 cm³/mol. The molecule has 2 heterocycles. The number of fused-ring (bicyclic) bond motifs is 1. The van der Waals surface area contributed by atoms with Crippen LogP contribution >= 0.6 is 11.3 Å². The molecule has 1 aromatic heterocycles. The van der Waals surface area contributed by atoms with E-state index in [0.717, 1.165) is 11.3 Å². The van der Waals surface area contributed by atoms with E-state index in [1.165, 1.54) is 28.0 Å². The molecule has 1 atom stereocenters. The molecule has 0 aliphatic carbocycles. The van der Waals surface area contributed by atoms with Crippen molar-refractivity contribution in [1.29, 1.82) is 0 Å². The van der Waals surface area contributed by atoms with Crippen LogP contribution in [0, 0.1) is 10.1 Å². The first-order chi connectivity index (χ1) is 16.7. The fourth-order valence-electron chi connectivity index (χ4n) is 3.91. The number of carbonyl (C=O) groups is 1. The molecule has 4 rings (SSSR count). The van der Waals surface area contributed by atoms with Gasteiger partial charge in [-0.05, 0) is 55.3 Å². The van der Waals surface area contributed by atoms with Gasteiger partial charge in [-0.1, -0.05) is 23.5 Å². The summed E-state index contributed by atoms with van der Waals surface area (Å²) in [6, 6.07) is 12.9. The first-order valence-electron chi connectivity index (χ1n) is 10.9. The molecular formula is C25H24N4O5S. The number of ether oxygens (including phenoxy) is 1. The van der Waals surface area contributed by atoms with Crippen molar-refractivity contribution < 1.29 is 14.5 Å². The van der Waals surface area contributed by atoms with Crippen LogP contribution in [-0.4, -0.2) is 36.2 Å². The van der Waals surface area contributed by atoms with E-state index < -0.39 is 16.9 Å². The number of non-ortho nitro benzene ring substituents is 1. The van der Waals surface area contributed by atoms with Gasteiger partial charge in [-0.3, -0.25) is 19.5 Å². The highest BCUT2D eigenvalue weighted by Gasteiger charge is 2.33. The van der Waals surface area contributed by atoms with Crippen molar-refractivity contribution >= 4 is 34.8 Å². The van der Waals surface area contributed by atoms with Gasteiger partial charge in [-0.2, -0.15) is 0 Å². The van der Waals surface area contributed by atoms with E-state index in [-0.39, 0.29) is 17.9 Å². The first-order valence-corrected chi connectivity index (χ1v) is 11.7. The number of esters is 1. The van der Waals surface area contributed by atoms with Crippen LogP contribution < -0.4 is 19.8 Å². The summed E-state index contributed by atoms with van der Waals surface area (Å²) in [5.41, 5.74) is 2.87. The minimum atomic E-state index is -0.694. The number of nitro benzene ring substituents is 1. The SMILES string of the molecule is CCOC(=O)C1=C(C)N=c2s/c(=C\c3ccc([N+](=O)[O-])cc3)c(=O)n2[C@@H]1c1ccc(N(C)C)cc1. The highest BCUT2D eigenvalue weighted by atomic mass is 32.1. The van der Waals surface area contributed by atoms with Crippen molar-refractivity contribution in [2.24, 2.45) is 4.99 Å². The molecule has 35 heavy (non-hydrogen) atoms. The van der Waals surface area contributed by atoms with Gasteiger partial charge in [-0.15, -0.1) is 0 Å². The molecule has 0 spiro atoms. The van der Waals surface area contributed by atoms with Crippen LogP contribution in [0.25, 0.3) is 6.08 Å². The molecule has 9 nitrogen and oxygen atoms in total. The lowest BCUT2D eigenvalue weighted by Gasteiger charge is -2.25. The van der Waals surface area contributed by atoms with Gasteiger partial charge in [0.05, 0.1) is 33.4 Å². The Bertz CT molecular complexity index is 1500. The normalized spacial score (nSPS) is 15.4. The molecule has 0 saturated carbocycles. The van der Waals surface area contributed by atoms with Gasteiger partial charge in [-0.25, -0.2) is 9.79 Å². The Kier molecular flexibility index (Phi) is 6.65. The smallest absolute Gasteiger partial charge is 0.338 e. The van der Waals surface area contributed by atoms with E-state index in [9.17, 15) is 19.7 Å². The Morgan fingerprint density at radius 2 is 1.86 bits per heavy atom. The van der Waals surface area contributed by atoms with Gasteiger partial charge in [0.15, 0.2) is 4.80 Å². The van der Waals surface area contributed by atoms with Crippen molar-refractivity contribution in [3.8, 4) is 0 Å². The number of carbonyl (C=O) groups excluding carboxylic acids is 1. The summed E-state index contributed by atoms with van der Waals surface area (Å²) < 4.78 is 7.24. The second-order valence-corrected chi connectivity index (χ2v) is 9.15. The molecule has 0 amide bonds. The number of anilines is 1. The zero-order valence-electron chi connectivity index (χ0n) is 19.7. The average molecular weight is 493 g/mol.